The minimum Gasteiger partial charge on any atom is -0.304 e. The van der Waals surface area contributed by atoms with Crippen molar-refractivity contribution in [2.45, 2.75) is 0 Å². The summed E-state index contributed by atoms with van der Waals surface area (Å²) in [6.07, 6.45) is 3.49. The molecule has 0 aromatic carbocycles. The summed E-state index contributed by atoms with van der Waals surface area (Å²) in [7, 11) is 0. The van der Waals surface area contributed by atoms with Gasteiger partial charge in [0.25, 0.3) is 0 Å². The molecule has 0 unspecified atom stereocenters. The van der Waals surface area contributed by atoms with Crippen molar-refractivity contribution in [1.82, 2.24) is 9.38 Å². The van der Waals surface area contributed by atoms with Crippen molar-refractivity contribution in [2.24, 2.45) is 0 Å². The molecule has 0 bridgehead atoms. The van der Waals surface area contributed by atoms with Crippen LogP contribution >= 0.6 is 15.9 Å². The summed E-state index contributed by atoms with van der Waals surface area (Å²) in [6, 6.07) is 5.77. The Kier molecular flexibility index (Phi) is 1.59. The van der Waals surface area contributed by atoms with Crippen molar-refractivity contribution in [1.29, 1.82) is 5.26 Å². The van der Waals surface area contributed by atoms with Gasteiger partial charge in [-0.15, -0.1) is 0 Å². The van der Waals surface area contributed by atoms with Crippen molar-refractivity contribution < 1.29 is 0 Å². The Morgan fingerprint density at radius 3 is 3.08 bits per heavy atom. The maximum atomic E-state index is 8.66. The van der Waals surface area contributed by atoms with E-state index in [1.165, 1.54) is 0 Å². The molecular formula is C8H4BrN3. The standard InChI is InChI=1S/C8H4BrN3/c9-6-1-2-8-7(3-10)11-5-12(8)4-6/h1-2,4-5H. The lowest BCUT2D eigenvalue weighted by molar-refractivity contribution is 1.14. The molecule has 3 nitrogen and oxygen atoms in total. The molecule has 0 amide bonds. The molecule has 0 saturated heterocycles. The summed E-state index contributed by atoms with van der Waals surface area (Å²) in [5, 5.41) is 8.66. The Hall–Kier alpha value is -1.34. The maximum Gasteiger partial charge on any atom is 0.166 e. The highest BCUT2D eigenvalue weighted by atomic mass is 79.9. The molecular weight excluding hydrogens is 218 g/mol. The lowest BCUT2D eigenvalue weighted by Gasteiger charge is -1.92. The Morgan fingerprint density at radius 1 is 1.50 bits per heavy atom. The molecule has 0 spiro atoms. The number of hydrogen-bond acceptors (Lipinski definition) is 2. The first-order valence-corrected chi connectivity index (χ1v) is 4.13. The molecule has 0 fully saturated rings. The molecule has 2 heterocycles. The fourth-order valence-electron chi connectivity index (χ4n) is 1.06. The second-order valence-corrected chi connectivity index (χ2v) is 3.26. The number of fused-ring (bicyclic) bond motifs is 1. The highest BCUT2D eigenvalue weighted by Gasteiger charge is 2.01. The number of pyridine rings is 1. The molecule has 0 aliphatic carbocycles. The summed E-state index contributed by atoms with van der Waals surface area (Å²) in [6.45, 7) is 0. The molecule has 2 aromatic rings. The van der Waals surface area contributed by atoms with Gasteiger partial charge in [-0.2, -0.15) is 5.26 Å². The van der Waals surface area contributed by atoms with E-state index >= 15 is 0 Å². The summed E-state index contributed by atoms with van der Waals surface area (Å²) in [5.74, 6) is 0. The third-order valence-corrected chi connectivity index (χ3v) is 2.07. The largest absolute Gasteiger partial charge is 0.304 e. The first kappa shape index (κ1) is 7.32. The fourth-order valence-corrected chi connectivity index (χ4v) is 1.41. The van der Waals surface area contributed by atoms with Crippen LogP contribution in [-0.4, -0.2) is 9.38 Å². The van der Waals surface area contributed by atoms with Crippen LogP contribution in [0.1, 0.15) is 5.69 Å². The maximum absolute atomic E-state index is 8.66. The predicted octanol–water partition coefficient (Wildman–Crippen LogP) is 1.97. The van der Waals surface area contributed by atoms with Gasteiger partial charge in [0.05, 0.1) is 5.52 Å². The SMILES string of the molecule is N#Cc1ncn2cc(Br)ccc12. The molecule has 0 atom stereocenters. The minimum absolute atomic E-state index is 0.461. The minimum atomic E-state index is 0.461. The zero-order chi connectivity index (χ0) is 8.55. The summed E-state index contributed by atoms with van der Waals surface area (Å²) in [4.78, 5) is 3.94. The van der Waals surface area contributed by atoms with Crippen molar-refractivity contribution in [3.63, 3.8) is 0 Å². The van der Waals surface area contributed by atoms with Crippen molar-refractivity contribution in [2.75, 3.05) is 0 Å². The van der Waals surface area contributed by atoms with Gasteiger partial charge < -0.3 is 4.40 Å². The topological polar surface area (TPSA) is 41.1 Å². The van der Waals surface area contributed by atoms with Crippen molar-refractivity contribution in [3.05, 3.63) is 34.8 Å². The monoisotopic (exact) mass is 221 g/mol. The Bertz CT molecular complexity index is 467. The van der Waals surface area contributed by atoms with Crippen LogP contribution < -0.4 is 0 Å². The third-order valence-electron chi connectivity index (χ3n) is 1.60. The van der Waals surface area contributed by atoms with Crippen LogP contribution in [0.3, 0.4) is 0 Å². The van der Waals surface area contributed by atoms with Gasteiger partial charge in [0.2, 0.25) is 0 Å². The van der Waals surface area contributed by atoms with Crippen LogP contribution in [0.2, 0.25) is 0 Å². The van der Waals surface area contributed by atoms with E-state index < -0.39 is 0 Å². The van der Waals surface area contributed by atoms with E-state index in [2.05, 4.69) is 20.9 Å². The molecule has 4 heteroatoms. The van der Waals surface area contributed by atoms with E-state index in [9.17, 15) is 0 Å². The van der Waals surface area contributed by atoms with Crippen LogP contribution in [0.4, 0.5) is 0 Å². The average molecular weight is 222 g/mol. The van der Waals surface area contributed by atoms with E-state index in [1.54, 1.807) is 6.33 Å². The van der Waals surface area contributed by atoms with Gasteiger partial charge in [-0.25, -0.2) is 4.98 Å². The van der Waals surface area contributed by atoms with Gasteiger partial charge in [-0.3, -0.25) is 0 Å². The van der Waals surface area contributed by atoms with Crippen LogP contribution in [0.5, 0.6) is 0 Å². The average Bonchev–Trinajstić information content (AvgIpc) is 2.46. The van der Waals surface area contributed by atoms with Gasteiger partial charge in [-0.05, 0) is 28.1 Å². The van der Waals surface area contributed by atoms with Crippen LogP contribution in [0.15, 0.2) is 29.1 Å². The second kappa shape index (κ2) is 2.61. The highest BCUT2D eigenvalue weighted by molar-refractivity contribution is 9.10. The summed E-state index contributed by atoms with van der Waals surface area (Å²) >= 11 is 3.33. The molecule has 0 N–H and O–H groups in total. The van der Waals surface area contributed by atoms with Crippen LogP contribution in [0.25, 0.3) is 5.52 Å². The van der Waals surface area contributed by atoms with Gasteiger partial charge in [-0.1, -0.05) is 0 Å². The fraction of sp³-hybridized carbons (Fsp3) is 0. The normalized spacial score (nSPS) is 10.0. The highest BCUT2D eigenvalue weighted by Crippen LogP contribution is 2.13. The number of rotatable bonds is 0. The van der Waals surface area contributed by atoms with Gasteiger partial charge in [0.1, 0.15) is 12.4 Å². The molecule has 0 aliphatic heterocycles. The van der Waals surface area contributed by atoms with Crippen molar-refractivity contribution in [3.8, 4) is 6.07 Å². The molecule has 2 rings (SSSR count). The molecule has 0 aliphatic rings. The second-order valence-electron chi connectivity index (χ2n) is 2.34. The predicted molar refractivity (Wildman–Crippen MR) is 47.6 cm³/mol. The van der Waals surface area contributed by atoms with Gasteiger partial charge >= 0.3 is 0 Å². The van der Waals surface area contributed by atoms with E-state index in [0.29, 0.717) is 5.69 Å². The van der Waals surface area contributed by atoms with E-state index in [4.69, 9.17) is 5.26 Å². The van der Waals surface area contributed by atoms with E-state index in [-0.39, 0.29) is 0 Å². The number of nitrogens with zero attached hydrogens (tertiary/aromatic N) is 3. The van der Waals surface area contributed by atoms with Crippen molar-refractivity contribution >= 4 is 21.4 Å². The van der Waals surface area contributed by atoms with Gasteiger partial charge in [0, 0.05) is 10.7 Å². The van der Waals surface area contributed by atoms with Crippen LogP contribution in [0, 0.1) is 11.3 Å². The number of aromatic nitrogens is 2. The summed E-state index contributed by atoms with van der Waals surface area (Å²) < 4.78 is 2.78. The number of hydrogen-bond donors (Lipinski definition) is 0. The number of imidazole rings is 1. The third kappa shape index (κ3) is 0.990. The molecule has 12 heavy (non-hydrogen) atoms. The zero-order valence-corrected chi connectivity index (χ0v) is 7.62. The lowest BCUT2D eigenvalue weighted by atomic mass is 10.3. The zero-order valence-electron chi connectivity index (χ0n) is 6.03. The molecule has 0 saturated carbocycles. The molecule has 2 aromatic heterocycles. The van der Waals surface area contributed by atoms with E-state index in [0.717, 1.165) is 9.99 Å². The number of halogens is 1. The first-order chi connectivity index (χ1) is 5.81. The number of nitriles is 1. The Morgan fingerprint density at radius 2 is 2.33 bits per heavy atom. The lowest BCUT2D eigenvalue weighted by Crippen LogP contribution is -1.81. The Labute approximate surface area is 77.4 Å². The van der Waals surface area contributed by atoms with Gasteiger partial charge in [0.15, 0.2) is 5.69 Å². The first-order valence-electron chi connectivity index (χ1n) is 3.33. The molecule has 58 valence electrons. The quantitative estimate of drug-likeness (QED) is 0.683. The summed E-state index contributed by atoms with van der Waals surface area (Å²) in [5.41, 5.74) is 1.29. The Balaban J connectivity index is 2.84. The van der Waals surface area contributed by atoms with E-state index in [1.807, 2.05) is 28.8 Å². The molecule has 0 radical (unpaired) electrons. The smallest absolute Gasteiger partial charge is 0.166 e. The van der Waals surface area contributed by atoms with Crippen LogP contribution in [-0.2, 0) is 0 Å².